The summed E-state index contributed by atoms with van der Waals surface area (Å²) in [5, 5.41) is 3.62. The molecule has 3 nitrogen and oxygen atoms in total. The molecule has 0 aromatic carbocycles. The fourth-order valence-electron chi connectivity index (χ4n) is 2.65. The molecule has 1 aliphatic carbocycles. The van der Waals surface area contributed by atoms with Crippen LogP contribution in [0, 0.1) is 5.92 Å². The minimum Gasteiger partial charge on any atom is -0.378 e. The molecule has 17 heavy (non-hydrogen) atoms. The molecule has 0 bridgehead atoms. The van der Waals surface area contributed by atoms with Crippen LogP contribution < -0.4 is 5.32 Å². The first-order valence-electron chi connectivity index (χ1n) is 7.35. The Kier molecular flexibility index (Phi) is 5.26. The first-order chi connectivity index (χ1) is 8.28. The summed E-state index contributed by atoms with van der Waals surface area (Å²) in [7, 11) is 0. The van der Waals surface area contributed by atoms with Crippen LogP contribution in [0.25, 0.3) is 0 Å². The third-order valence-electron chi connectivity index (χ3n) is 3.84. The molecule has 0 spiro atoms. The Morgan fingerprint density at radius 3 is 2.53 bits per heavy atom. The highest BCUT2D eigenvalue weighted by molar-refractivity contribution is 4.82. The summed E-state index contributed by atoms with van der Waals surface area (Å²) in [5.74, 6) is 0.777. The van der Waals surface area contributed by atoms with Crippen LogP contribution in [0.15, 0.2) is 0 Å². The highest BCUT2D eigenvalue weighted by Crippen LogP contribution is 2.19. The van der Waals surface area contributed by atoms with E-state index in [1.807, 2.05) is 0 Å². The van der Waals surface area contributed by atoms with Gasteiger partial charge in [0.05, 0.1) is 6.10 Å². The van der Waals surface area contributed by atoms with E-state index in [9.17, 15) is 0 Å². The molecule has 1 aliphatic heterocycles. The SMILES string of the molecule is CCOC1CCN(CC(C)CNC2CC2)CC1. The lowest BCUT2D eigenvalue weighted by molar-refractivity contribution is 0.0116. The average molecular weight is 240 g/mol. The van der Waals surface area contributed by atoms with Crippen molar-refractivity contribution in [3.8, 4) is 0 Å². The van der Waals surface area contributed by atoms with Crippen LogP contribution in [0.1, 0.15) is 39.5 Å². The van der Waals surface area contributed by atoms with Gasteiger partial charge in [-0.15, -0.1) is 0 Å². The average Bonchev–Trinajstić information content (AvgIpc) is 3.13. The van der Waals surface area contributed by atoms with Gasteiger partial charge >= 0.3 is 0 Å². The van der Waals surface area contributed by atoms with Crippen molar-refractivity contribution in [1.29, 1.82) is 0 Å². The Morgan fingerprint density at radius 2 is 1.94 bits per heavy atom. The van der Waals surface area contributed by atoms with Gasteiger partial charge in [0.15, 0.2) is 0 Å². The number of likely N-dealkylation sites (tertiary alicyclic amines) is 1. The minimum absolute atomic E-state index is 0.524. The Labute approximate surface area is 106 Å². The molecular weight excluding hydrogens is 212 g/mol. The molecule has 1 heterocycles. The Hall–Kier alpha value is -0.120. The zero-order valence-electron chi connectivity index (χ0n) is 11.5. The van der Waals surface area contributed by atoms with Crippen LogP contribution in [-0.4, -0.2) is 49.8 Å². The summed E-state index contributed by atoms with van der Waals surface area (Å²) in [4.78, 5) is 2.61. The van der Waals surface area contributed by atoms with Gasteiger partial charge in [-0.3, -0.25) is 0 Å². The molecular formula is C14H28N2O. The summed E-state index contributed by atoms with van der Waals surface area (Å²) in [6.45, 7) is 10.2. The van der Waals surface area contributed by atoms with Gasteiger partial charge in [-0.25, -0.2) is 0 Å². The van der Waals surface area contributed by atoms with E-state index < -0.39 is 0 Å². The van der Waals surface area contributed by atoms with Gasteiger partial charge in [0.1, 0.15) is 0 Å². The van der Waals surface area contributed by atoms with E-state index in [0.29, 0.717) is 6.10 Å². The highest BCUT2D eigenvalue weighted by Gasteiger charge is 2.23. The lowest BCUT2D eigenvalue weighted by Crippen LogP contribution is -2.41. The predicted octanol–water partition coefficient (Wildman–Crippen LogP) is 1.88. The number of hydrogen-bond donors (Lipinski definition) is 1. The van der Waals surface area contributed by atoms with Crippen molar-refractivity contribution in [2.24, 2.45) is 5.92 Å². The van der Waals surface area contributed by atoms with Gasteiger partial charge in [0.2, 0.25) is 0 Å². The monoisotopic (exact) mass is 240 g/mol. The molecule has 0 radical (unpaired) electrons. The number of nitrogens with zero attached hydrogens (tertiary/aromatic N) is 1. The summed E-state index contributed by atoms with van der Waals surface area (Å²) in [5.41, 5.74) is 0. The molecule has 3 heteroatoms. The minimum atomic E-state index is 0.524. The molecule has 1 saturated carbocycles. The molecule has 1 saturated heterocycles. The molecule has 1 N–H and O–H groups in total. The Bertz CT molecular complexity index is 210. The van der Waals surface area contributed by atoms with Crippen LogP contribution >= 0.6 is 0 Å². The number of rotatable bonds is 7. The molecule has 0 aromatic heterocycles. The second-order valence-corrected chi connectivity index (χ2v) is 5.74. The molecule has 0 aromatic rings. The smallest absolute Gasteiger partial charge is 0.0599 e. The van der Waals surface area contributed by atoms with E-state index in [1.165, 1.54) is 51.9 Å². The molecule has 2 rings (SSSR count). The van der Waals surface area contributed by atoms with E-state index in [0.717, 1.165) is 18.6 Å². The second-order valence-electron chi connectivity index (χ2n) is 5.74. The first kappa shape index (κ1) is 13.3. The van der Waals surface area contributed by atoms with Gasteiger partial charge < -0.3 is 15.0 Å². The van der Waals surface area contributed by atoms with Crippen molar-refractivity contribution < 1.29 is 4.74 Å². The summed E-state index contributed by atoms with van der Waals surface area (Å²) in [6.07, 6.45) is 5.75. The molecule has 2 aliphatic rings. The van der Waals surface area contributed by atoms with Crippen molar-refractivity contribution in [1.82, 2.24) is 10.2 Å². The van der Waals surface area contributed by atoms with E-state index in [-0.39, 0.29) is 0 Å². The van der Waals surface area contributed by atoms with Crippen LogP contribution in [0.2, 0.25) is 0 Å². The fraction of sp³-hybridized carbons (Fsp3) is 1.00. The number of hydrogen-bond acceptors (Lipinski definition) is 3. The van der Waals surface area contributed by atoms with E-state index in [2.05, 4.69) is 24.1 Å². The lowest BCUT2D eigenvalue weighted by atomic mass is 10.1. The van der Waals surface area contributed by atoms with E-state index in [1.54, 1.807) is 0 Å². The predicted molar refractivity (Wildman–Crippen MR) is 71.3 cm³/mol. The van der Waals surface area contributed by atoms with Crippen molar-refractivity contribution >= 4 is 0 Å². The number of piperidine rings is 1. The molecule has 1 unspecified atom stereocenters. The van der Waals surface area contributed by atoms with Gasteiger partial charge in [0, 0.05) is 32.3 Å². The zero-order valence-corrected chi connectivity index (χ0v) is 11.5. The normalized spacial score (nSPS) is 25.1. The summed E-state index contributed by atoms with van der Waals surface area (Å²) >= 11 is 0. The van der Waals surface area contributed by atoms with Crippen molar-refractivity contribution in [3.05, 3.63) is 0 Å². The number of ether oxygens (including phenoxy) is 1. The molecule has 1 atom stereocenters. The standard InChI is InChI=1S/C14H28N2O/c1-3-17-14-6-8-16(9-7-14)11-12(2)10-15-13-4-5-13/h12-15H,3-11H2,1-2H3. The molecule has 0 amide bonds. The van der Waals surface area contributed by atoms with Crippen molar-refractivity contribution in [2.75, 3.05) is 32.8 Å². The van der Waals surface area contributed by atoms with Gasteiger partial charge in [-0.05, 0) is 45.1 Å². The van der Waals surface area contributed by atoms with Gasteiger partial charge in [0.25, 0.3) is 0 Å². The van der Waals surface area contributed by atoms with Gasteiger partial charge in [-0.2, -0.15) is 0 Å². The molecule has 2 fully saturated rings. The van der Waals surface area contributed by atoms with Crippen LogP contribution in [0.5, 0.6) is 0 Å². The Morgan fingerprint density at radius 1 is 1.24 bits per heavy atom. The maximum atomic E-state index is 5.68. The van der Waals surface area contributed by atoms with Crippen LogP contribution in [0.3, 0.4) is 0 Å². The lowest BCUT2D eigenvalue weighted by Gasteiger charge is -2.33. The first-order valence-corrected chi connectivity index (χ1v) is 7.35. The summed E-state index contributed by atoms with van der Waals surface area (Å²) in [6, 6.07) is 0.848. The largest absolute Gasteiger partial charge is 0.378 e. The fourth-order valence-corrected chi connectivity index (χ4v) is 2.65. The van der Waals surface area contributed by atoms with E-state index >= 15 is 0 Å². The quantitative estimate of drug-likeness (QED) is 0.735. The maximum Gasteiger partial charge on any atom is 0.0599 e. The molecule has 100 valence electrons. The number of nitrogens with one attached hydrogen (secondary N) is 1. The van der Waals surface area contributed by atoms with Gasteiger partial charge in [-0.1, -0.05) is 6.92 Å². The zero-order chi connectivity index (χ0) is 12.1. The highest BCUT2D eigenvalue weighted by atomic mass is 16.5. The third-order valence-corrected chi connectivity index (χ3v) is 3.84. The maximum absolute atomic E-state index is 5.68. The Balaban J connectivity index is 1.56. The van der Waals surface area contributed by atoms with E-state index in [4.69, 9.17) is 4.74 Å². The van der Waals surface area contributed by atoms with Crippen LogP contribution in [0.4, 0.5) is 0 Å². The summed E-state index contributed by atoms with van der Waals surface area (Å²) < 4.78 is 5.68. The van der Waals surface area contributed by atoms with Crippen molar-refractivity contribution in [2.45, 2.75) is 51.7 Å². The topological polar surface area (TPSA) is 24.5 Å². The third kappa shape index (κ3) is 4.94. The van der Waals surface area contributed by atoms with Crippen molar-refractivity contribution in [3.63, 3.8) is 0 Å². The van der Waals surface area contributed by atoms with Crippen LogP contribution in [-0.2, 0) is 4.74 Å². The second kappa shape index (κ2) is 6.72.